The van der Waals surface area contributed by atoms with Gasteiger partial charge >= 0.3 is 6.61 Å². The minimum absolute atomic E-state index is 0.0964. The molecule has 2 aromatic rings. The summed E-state index contributed by atoms with van der Waals surface area (Å²) in [6.07, 6.45) is 2.28. The summed E-state index contributed by atoms with van der Waals surface area (Å²) in [6, 6.07) is 8.03. The second kappa shape index (κ2) is 6.36. The van der Waals surface area contributed by atoms with Crippen molar-refractivity contribution in [1.29, 1.82) is 0 Å². The fourth-order valence-electron chi connectivity index (χ4n) is 2.37. The summed E-state index contributed by atoms with van der Waals surface area (Å²) >= 11 is 0. The van der Waals surface area contributed by atoms with Crippen molar-refractivity contribution in [3.8, 4) is 5.75 Å². The van der Waals surface area contributed by atoms with E-state index < -0.39 is 6.61 Å². The molecular formula is C16H17F2N3O2. The molecule has 1 amide bonds. The number of benzene rings is 1. The van der Waals surface area contributed by atoms with Gasteiger partial charge in [-0.25, -0.2) is 0 Å². The monoisotopic (exact) mass is 321 g/mol. The Kier molecular flexibility index (Phi) is 4.27. The van der Waals surface area contributed by atoms with Gasteiger partial charge in [0.15, 0.2) is 0 Å². The van der Waals surface area contributed by atoms with Crippen LogP contribution in [0.3, 0.4) is 0 Å². The summed E-state index contributed by atoms with van der Waals surface area (Å²) in [5.74, 6) is 0.428. The summed E-state index contributed by atoms with van der Waals surface area (Å²) in [7, 11) is 1.68. The molecule has 23 heavy (non-hydrogen) atoms. The zero-order chi connectivity index (χ0) is 16.4. The molecule has 1 fully saturated rings. The third-order valence-corrected chi connectivity index (χ3v) is 3.75. The van der Waals surface area contributed by atoms with Gasteiger partial charge in [-0.05, 0) is 36.6 Å². The number of carbonyl (C=O) groups is 1. The van der Waals surface area contributed by atoms with Gasteiger partial charge in [-0.3, -0.25) is 9.89 Å². The summed E-state index contributed by atoms with van der Waals surface area (Å²) in [5.41, 5.74) is 2.22. The highest BCUT2D eigenvalue weighted by Gasteiger charge is 2.27. The van der Waals surface area contributed by atoms with Crippen LogP contribution < -0.4 is 4.74 Å². The molecule has 0 saturated heterocycles. The highest BCUT2D eigenvalue weighted by Crippen LogP contribution is 2.39. The highest BCUT2D eigenvalue weighted by molar-refractivity contribution is 5.92. The van der Waals surface area contributed by atoms with Gasteiger partial charge in [-0.1, -0.05) is 12.1 Å². The van der Waals surface area contributed by atoms with Crippen molar-refractivity contribution in [2.75, 3.05) is 7.05 Å². The molecule has 7 heteroatoms. The van der Waals surface area contributed by atoms with E-state index in [1.54, 1.807) is 25.2 Å². The first-order chi connectivity index (χ1) is 11.0. The van der Waals surface area contributed by atoms with Crippen LogP contribution in [0.15, 0.2) is 30.3 Å². The van der Waals surface area contributed by atoms with E-state index in [0.717, 1.165) is 24.1 Å². The fourth-order valence-corrected chi connectivity index (χ4v) is 2.37. The van der Waals surface area contributed by atoms with E-state index >= 15 is 0 Å². The van der Waals surface area contributed by atoms with Crippen LogP contribution in [0.4, 0.5) is 8.78 Å². The Morgan fingerprint density at radius 3 is 2.70 bits per heavy atom. The van der Waals surface area contributed by atoms with Crippen molar-refractivity contribution >= 4 is 5.91 Å². The molecule has 0 spiro atoms. The molecule has 1 heterocycles. The molecule has 1 aromatic heterocycles. The maximum Gasteiger partial charge on any atom is 0.387 e. The van der Waals surface area contributed by atoms with E-state index in [2.05, 4.69) is 14.9 Å². The van der Waals surface area contributed by atoms with Gasteiger partial charge in [0.05, 0.1) is 0 Å². The molecule has 1 aliphatic rings. The molecule has 5 nitrogen and oxygen atoms in total. The minimum atomic E-state index is -2.84. The molecular weight excluding hydrogens is 304 g/mol. The first kappa shape index (κ1) is 15.5. The van der Waals surface area contributed by atoms with Crippen LogP contribution >= 0.6 is 0 Å². The van der Waals surface area contributed by atoms with Gasteiger partial charge in [-0.2, -0.15) is 13.9 Å². The van der Waals surface area contributed by atoms with Gasteiger partial charge < -0.3 is 9.64 Å². The van der Waals surface area contributed by atoms with E-state index in [1.807, 2.05) is 0 Å². The SMILES string of the molecule is CN(Cc1ccc(OC(F)F)cc1)C(=O)c1cc(C2CC2)[nH]n1. The molecule has 122 valence electrons. The van der Waals surface area contributed by atoms with Gasteiger partial charge in [0.25, 0.3) is 5.91 Å². The number of ether oxygens (including phenoxy) is 1. The van der Waals surface area contributed by atoms with Crippen LogP contribution in [-0.4, -0.2) is 34.7 Å². The Morgan fingerprint density at radius 1 is 1.39 bits per heavy atom. The Hall–Kier alpha value is -2.44. The van der Waals surface area contributed by atoms with Crippen LogP contribution in [-0.2, 0) is 6.54 Å². The normalized spacial score (nSPS) is 14.1. The van der Waals surface area contributed by atoms with Crippen molar-refractivity contribution in [1.82, 2.24) is 15.1 Å². The Balaban J connectivity index is 1.60. The number of rotatable bonds is 6. The second-order valence-electron chi connectivity index (χ2n) is 5.67. The molecule has 3 rings (SSSR count). The fraction of sp³-hybridized carbons (Fsp3) is 0.375. The van der Waals surface area contributed by atoms with Crippen molar-refractivity contribution in [2.45, 2.75) is 31.9 Å². The maximum absolute atomic E-state index is 12.3. The topological polar surface area (TPSA) is 58.2 Å². The van der Waals surface area contributed by atoms with Crippen LogP contribution in [0, 0.1) is 0 Å². The van der Waals surface area contributed by atoms with Crippen LogP contribution in [0.25, 0.3) is 0 Å². The number of hydrogen-bond donors (Lipinski definition) is 1. The third-order valence-electron chi connectivity index (χ3n) is 3.75. The average Bonchev–Trinajstić information content (AvgIpc) is 3.25. The molecule has 1 N–H and O–H groups in total. The summed E-state index contributed by atoms with van der Waals surface area (Å²) in [5, 5.41) is 6.98. The molecule has 1 aromatic carbocycles. The zero-order valence-electron chi connectivity index (χ0n) is 12.6. The number of amides is 1. The summed E-state index contributed by atoms with van der Waals surface area (Å²) in [6.45, 7) is -2.48. The number of carbonyl (C=O) groups excluding carboxylic acids is 1. The van der Waals surface area contributed by atoms with E-state index in [-0.39, 0.29) is 11.7 Å². The molecule has 0 atom stereocenters. The maximum atomic E-state index is 12.3. The van der Waals surface area contributed by atoms with Crippen LogP contribution in [0.1, 0.15) is 40.5 Å². The number of alkyl halides is 2. The largest absolute Gasteiger partial charge is 0.435 e. The number of aromatic nitrogens is 2. The van der Waals surface area contributed by atoms with Crippen LogP contribution in [0.2, 0.25) is 0 Å². The molecule has 0 unspecified atom stereocenters. The van der Waals surface area contributed by atoms with Gasteiger partial charge in [-0.15, -0.1) is 0 Å². The van der Waals surface area contributed by atoms with Crippen molar-refractivity contribution < 1.29 is 18.3 Å². The number of hydrogen-bond acceptors (Lipinski definition) is 3. The van der Waals surface area contributed by atoms with E-state index in [1.165, 1.54) is 17.0 Å². The van der Waals surface area contributed by atoms with Gasteiger partial charge in [0, 0.05) is 25.2 Å². The van der Waals surface area contributed by atoms with E-state index in [4.69, 9.17) is 0 Å². The lowest BCUT2D eigenvalue weighted by Gasteiger charge is -2.16. The molecule has 0 aliphatic heterocycles. The summed E-state index contributed by atoms with van der Waals surface area (Å²) in [4.78, 5) is 13.9. The number of nitrogens with one attached hydrogen (secondary N) is 1. The second-order valence-corrected chi connectivity index (χ2v) is 5.67. The zero-order valence-corrected chi connectivity index (χ0v) is 12.6. The van der Waals surface area contributed by atoms with Gasteiger partial charge in [0.2, 0.25) is 0 Å². The number of halogens is 2. The lowest BCUT2D eigenvalue weighted by Crippen LogP contribution is -2.26. The van der Waals surface area contributed by atoms with E-state index in [0.29, 0.717) is 18.2 Å². The first-order valence-electron chi connectivity index (χ1n) is 7.37. The lowest BCUT2D eigenvalue weighted by atomic mass is 10.2. The van der Waals surface area contributed by atoms with E-state index in [9.17, 15) is 13.6 Å². The number of nitrogens with zero attached hydrogens (tertiary/aromatic N) is 2. The predicted octanol–water partition coefficient (Wildman–Crippen LogP) is 3.16. The number of H-pyrrole nitrogens is 1. The first-order valence-corrected chi connectivity index (χ1v) is 7.37. The molecule has 0 radical (unpaired) electrons. The number of aromatic amines is 1. The average molecular weight is 321 g/mol. The standard InChI is InChI=1S/C16H17F2N3O2/c1-21(9-10-2-6-12(7-3-10)23-16(17)18)15(22)14-8-13(19-20-14)11-4-5-11/h2-3,6-8,11,16H,4-5,9H2,1H3,(H,19,20). The Morgan fingerprint density at radius 2 is 2.09 bits per heavy atom. The van der Waals surface area contributed by atoms with Gasteiger partial charge in [0.1, 0.15) is 11.4 Å². The van der Waals surface area contributed by atoms with Crippen LogP contribution in [0.5, 0.6) is 5.75 Å². The molecule has 1 aliphatic carbocycles. The Labute approximate surface area is 132 Å². The third kappa shape index (κ3) is 3.85. The van der Waals surface area contributed by atoms with Crippen molar-refractivity contribution in [3.63, 3.8) is 0 Å². The lowest BCUT2D eigenvalue weighted by molar-refractivity contribution is -0.0498. The smallest absolute Gasteiger partial charge is 0.387 e. The summed E-state index contributed by atoms with van der Waals surface area (Å²) < 4.78 is 28.5. The molecule has 1 saturated carbocycles. The predicted molar refractivity (Wildman–Crippen MR) is 79.4 cm³/mol. The van der Waals surface area contributed by atoms with Crippen molar-refractivity contribution in [2.24, 2.45) is 0 Å². The minimum Gasteiger partial charge on any atom is -0.435 e. The Bertz CT molecular complexity index is 681. The quantitative estimate of drug-likeness (QED) is 0.889. The van der Waals surface area contributed by atoms with Crippen molar-refractivity contribution in [3.05, 3.63) is 47.3 Å². The highest BCUT2D eigenvalue weighted by atomic mass is 19.3. The molecule has 0 bridgehead atoms.